The van der Waals surface area contributed by atoms with E-state index in [4.69, 9.17) is 0 Å². The molecule has 1 aliphatic rings. The van der Waals surface area contributed by atoms with Gasteiger partial charge in [-0.05, 0) is 12.1 Å². The maximum Gasteiger partial charge on any atom is 0.321 e. The molecule has 0 atom stereocenters. The zero-order chi connectivity index (χ0) is 13.9. The van der Waals surface area contributed by atoms with Gasteiger partial charge in [-0.1, -0.05) is 0 Å². The molecule has 0 unspecified atom stereocenters. The second-order valence-corrected chi connectivity index (χ2v) is 5.51. The number of anilines is 1. The smallest absolute Gasteiger partial charge is 0.321 e. The van der Waals surface area contributed by atoms with Gasteiger partial charge in [-0.2, -0.15) is 8.75 Å². The summed E-state index contributed by atoms with van der Waals surface area (Å²) in [4.78, 5) is 12.4. The maximum atomic E-state index is 11.3. The third kappa shape index (κ3) is 2.56. The van der Waals surface area contributed by atoms with E-state index in [2.05, 4.69) is 14.1 Å². The van der Waals surface area contributed by atoms with Gasteiger partial charge in [-0.3, -0.25) is 10.1 Å². The van der Waals surface area contributed by atoms with Crippen molar-refractivity contribution >= 4 is 34.1 Å². The van der Waals surface area contributed by atoms with Crippen LogP contribution in [0.1, 0.15) is 12.8 Å². The molecule has 7 nitrogen and oxygen atoms in total. The molecule has 20 heavy (non-hydrogen) atoms. The second kappa shape index (κ2) is 5.68. The normalized spacial score (nSPS) is 15.8. The summed E-state index contributed by atoms with van der Waals surface area (Å²) in [7, 11) is 0. The molecule has 1 aliphatic heterocycles. The maximum absolute atomic E-state index is 11.3. The SMILES string of the molecule is O=[N+]([O-])c1c(NCC[NH+]2CCCC2)ccc2nsnc12. The predicted molar refractivity (Wildman–Crippen MR) is 77.4 cm³/mol. The van der Waals surface area contributed by atoms with E-state index in [1.807, 2.05) is 0 Å². The summed E-state index contributed by atoms with van der Waals surface area (Å²) in [6.07, 6.45) is 2.57. The van der Waals surface area contributed by atoms with Gasteiger partial charge in [0.2, 0.25) is 0 Å². The molecule has 106 valence electrons. The van der Waals surface area contributed by atoms with Crippen LogP contribution in [-0.2, 0) is 0 Å². The number of likely N-dealkylation sites (tertiary alicyclic amines) is 1. The fraction of sp³-hybridized carbons (Fsp3) is 0.500. The molecule has 1 aromatic heterocycles. The second-order valence-electron chi connectivity index (χ2n) is 4.98. The van der Waals surface area contributed by atoms with Crippen LogP contribution in [0, 0.1) is 10.1 Å². The van der Waals surface area contributed by atoms with Gasteiger partial charge in [0, 0.05) is 12.8 Å². The number of nitro benzene ring substituents is 1. The van der Waals surface area contributed by atoms with Crippen LogP contribution < -0.4 is 10.2 Å². The first kappa shape index (κ1) is 13.2. The largest absolute Gasteiger partial charge is 0.374 e. The van der Waals surface area contributed by atoms with Crippen LogP contribution in [0.4, 0.5) is 11.4 Å². The highest BCUT2D eigenvalue weighted by Gasteiger charge is 2.22. The topological polar surface area (TPSA) is 85.4 Å². The van der Waals surface area contributed by atoms with Crippen LogP contribution in [0.2, 0.25) is 0 Å². The standard InChI is InChI=1S/C12H15N5O2S/c18-17(19)12-10(4-3-9-11(12)15-20-14-9)13-5-8-16-6-1-2-7-16/h3-4,13H,1-2,5-8H2/p+1. The molecule has 1 fully saturated rings. The Hall–Kier alpha value is -1.80. The summed E-state index contributed by atoms with van der Waals surface area (Å²) in [5.74, 6) is 0. The highest BCUT2D eigenvalue weighted by Crippen LogP contribution is 2.31. The summed E-state index contributed by atoms with van der Waals surface area (Å²) in [5.41, 5.74) is 1.53. The van der Waals surface area contributed by atoms with E-state index >= 15 is 0 Å². The highest BCUT2D eigenvalue weighted by molar-refractivity contribution is 7.00. The number of aromatic nitrogens is 2. The van der Waals surface area contributed by atoms with E-state index in [-0.39, 0.29) is 10.6 Å². The van der Waals surface area contributed by atoms with E-state index in [1.165, 1.54) is 25.9 Å². The number of nitrogens with one attached hydrogen (secondary N) is 2. The van der Waals surface area contributed by atoms with E-state index in [1.54, 1.807) is 17.0 Å². The van der Waals surface area contributed by atoms with Crippen molar-refractivity contribution in [2.24, 2.45) is 0 Å². The number of nitrogens with zero attached hydrogens (tertiary/aromatic N) is 3. The fourth-order valence-corrected chi connectivity index (χ4v) is 3.20. The number of fused-ring (bicyclic) bond motifs is 1. The lowest BCUT2D eigenvalue weighted by Crippen LogP contribution is -3.10. The van der Waals surface area contributed by atoms with Crippen molar-refractivity contribution < 1.29 is 9.82 Å². The van der Waals surface area contributed by atoms with Crippen molar-refractivity contribution in [2.45, 2.75) is 12.8 Å². The predicted octanol–water partition coefficient (Wildman–Crippen LogP) is 0.690. The molecule has 2 aromatic rings. The summed E-state index contributed by atoms with van der Waals surface area (Å²) in [6, 6.07) is 3.50. The Labute approximate surface area is 120 Å². The summed E-state index contributed by atoms with van der Waals surface area (Å²) in [6.45, 7) is 4.14. The first-order chi connectivity index (χ1) is 9.75. The molecular formula is C12H16N5O2S+. The van der Waals surface area contributed by atoms with Gasteiger partial charge in [0.1, 0.15) is 11.2 Å². The Morgan fingerprint density at radius 3 is 2.90 bits per heavy atom. The zero-order valence-electron chi connectivity index (χ0n) is 11.0. The third-order valence-electron chi connectivity index (χ3n) is 3.69. The lowest BCUT2D eigenvalue weighted by Gasteiger charge is -2.13. The Morgan fingerprint density at radius 2 is 2.15 bits per heavy atom. The van der Waals surface area contributed by atoms with Crippen molar-refractivity contribution in [3.8, 4) is 0 Å². The molecule has 1 aromatic carbocycles. The van der Waals surface area contributed by atoms with Gasteiger partial charge >= 0.3 is 5.69 Å². The van der Waals surface area contributed by atoms with Gasteiger partial charge in [-0.15, -0.1) is 0 Å². The van der Waals surface area contributed by atoms with Gasteiger partial charge < -0.3 is 10.2 Å². The van der Waals surface area contributed by atoms with E-state index in [9.17, 15) is 10.1 Å². The van der Waals surface area contributed by atoms with Crippen molar-refractivity contribution in [3.05, 3.63) is 22.2 Å². The summed E-state index contributed by atoms with van der Waals surface area (Å²) < 4.78 is 8.07. The highest BCUT2D eigenvalue weighted by atomic mass is 32.1. The lowest BCUT2D eigenvalue weighted by atomic mass is 10.2. The minimum Gasteiger partial charge on any atom is -0.374 e. The molecule has 0 saturated carbocycles. The molecular weight excluding hydrogens is 278 g/mol. The molecule has 3 rings (SSSR count). The minimum absolute atomic E-state index is 0.0349. The fourth-order valence-electron chi connectivity index (χ4n) is 2.66. The molecule has 8 heteroatoms. The van der Waals surface area contributed by atoms with Gasteiger partial charge in [0.05, 0.1) is 42.8 Å². The Morgan fingerprint density at radius 1 is 1.35 bits per heavy atom. The summed E-state index contributed by atoms with van der Waals surface area (Å²) in [5, 5.41) is 14.4. The summed E-state index contributed by atoms with van der Waals surface area (Å²) >= 11 is 1.00. The average Bonchev–Trinajstić information content (AvgIpc) is 3.07. The van der Waals surface area contributed by atoms with Gasteiger partial charge in [-0.25, -0.2) is 0 Å². The van der Waals surface area contributed by atoms with Crippen molar-refractivity contribution in [1.29, 1.82) is 0 Å². The molecule has 1 saturated heterocycles. The van der Waals surface area contributed by atoms with Gasteiger partial charge in [0.15, 0.2) is 5.52 Å². The number of hydrogen-bond acceptors (Lipinski definition) is 6. The Balaban J connectivity index is 1.76. The monoisotopic (exact) mass is 294 g/mol. The minimum atomic E-state index is -0.380. The molecule has 0 aliphatic carbocycles. The average molecular weight is 294 g/mol. The molecule has 0 amide bonds. The van der Waals surface area contributed by atoms with E-state index in [0.29, 0.717) is 16.7 Å². The van der Waals surface area contributed by atoms with Crippen molar-refractivity contribution in [3.63, 3.8) is 0 Å². The molecule has 0 radical (unpaired) electrons. The van der Waals surface area contributed by atoms with Crippen molar-refractivity contribution in [2.75, 3.05) is 31.5 Å². The Kier molecular flexibility index (Phi) is 3.75. The molecule has 0 spiro atoms. The quantitative estimate of drug-likeness (QED) is 0.626. The molecule has 2 N–H and O–H groups in total. The number of nitro groups is 1. The van der Waals surface area contributed by atoms with Crippen molar-refractivity contribution in [1.82, 2.24) is 8.75 Å². The number of hydrogen-bond donors (Lipinski definition) is 2. The van der Waals surface area contributed by atoms with E-state index < -0.39 is 0 Å². The third-order valence-corrected chi connectivity index (χ3v) is 4.23. The van der Waals surface area contributed by atoms with E-state index in [0.717, 1.165) is 24.8 Å². The molecule has 0 bridgehead atoms. The number of quaternary nitrogens is 1. The number of rotatable bonds is 5. The van der Waals surface area contributed by atoms with Crippen LogP contribution in [-0.4, -0.2) is 39.8 Å². The lowest BCUT2D eigenvalue weighted by molar-refractivity contribution is -0.885. The van der Waals surface area contributed by atoms with Crippen LogP contribution in [0.15, 0.2) is 12.1 Å². The Bertz CT molecular complexity index is 623. The van der Waals surface area contributed by atoms with Gasteiger partial charge in [0.25, 0.3) is 0 Å². The van der Waals surface area contributed by atoms with Crippen LogP contribution >= 0.6 is 11.7 Å². The zero-order valence-corrected chi connectivity index (χ0v) is 11.8. The first-order valence-corrected chi connectivity index (χ1v) is 7.46. The molecule has 2 heterocycles. The van der Waals surface area contributed by atoms with Crippen LogP contribution in [0.5, 0.6) is 0 Å². The van der Waals surface area contributed by atoms with Crippen LogP contribution in [0.3, 0.4) is 0 Å². The van der Waals surface area contributed by atoms with Crippen LogP contribution in [0.25, 0.3) is 11.0 Å². The first-order valence-electron chi connectivity index (χ1n) is 6.73. The number of benzene rings is 1.